The fourth-order valence-corrected chi connectivity index (χ4v) is 3.57. The van der Waals surface area contributed by atoms with Crippen molar-refractivity contribution in [3.05, 3.63) is 59.7 Å². The summed E-state index contributed by atoms with van der Waals surface area (Å²) in [5.41, 5.74) is 1.82. The summed E-state index contributed by atoms with van der Waals surface area (Å²) in [6.07, 6.45) is 3.04. The number of hydrogen-bond donors (Lipinski definition) is 2. The van der Waals surface area contributed by atoms with Crippen molar-refractivity contribution in [2.45, 2.75) is 13.0 Å². The van der Waals surface area contributed by atoms with Gasteiger partial charge in [0.05, 0.1) is 26.9 Å². The number of amides is 1. The van der Waals surface area contributed by atoms with Crippen molar-refractivity contribution >= 4 is 17.7 Å². The number of nitrogens with one attached hydrogen (secondary N) is 2. The van der Waals surface area contributed by atoms with Crippen LogP contribution < -0.4 is 24.8 Å². The van der Waals surface area contributed by atoms with Gasteiger partial charge in [-0.3, -0.25) is 4.79 Å². The molecule has 2 N–H and O–H groups in total. The molecule has 0 spiro atoms. The number of methoxy groups -OCH3 is 3. The highest BCUT2D eigenvalue weighted by Crippen LogP contribution is 2.43. The standard InChI is InChI=1S/C21H22N6O4/c1-12-17(20(28)26-16-7-5-6-8-22-16)18(27-21(25-12)23-11-24-27)13-9-14(29-2)19(31-4)15(10-13)30-3/h5-11,18H,1-4H3,(H,22,26,28)(H,23,24,25). The Morgan fingerprint density at radius 1 is 1.10 bits per heavy atom. The maximum atomic E-state index is 13.3. The van der Waals surface area contributed by atoms with E-state index in [4.69, 9.17) is 14.2 Å². The normalized spacial score (nSPS) is 15.0. The number of benzene rings is 1. The molecule has 1 aliphatic heterocycles. The molecule has 0 aliphatic carbocycles. The second kappa shape index (κ2) is 8.34. The minimum absolute atomic E-state index is 0.316. The van der Waals surface area contributed by atoms with Crippen molar-refractivity contribution < 1.29 is 19.0 Å². The Morgan fingerprint density at radius 3 is 2.45 bits per heavy atom. The molecule has 3 aromatic rings. The summed E-state index contributed by atoms with van der Waals surface area (Å²) in [5, 5.41) is 10.3. The molecule has 4 rings (SSSR count). The zero-order valence-electron chi connectivity index (χ0n) is 17.5. The zero-order valence-corrected chi connectivity index (χ0v) is 17.5. The number of carbonyl (C=O) groups is 1. The average molecular weight is 422 g/mol. The van der Waals surface area contributed by atoms with E-state index < -0.39 is 6.04 Å². The zero-order chi connectivity index (χ0) is 22.0. The molecule has 10 nitrogen and oxygen atoms in total. The summed E-state index contributed by atoms with van der Waals surface area (Å²) >= 11 is 0. The summed E-state index contributed by atoms with van der Waals surface area (Å²) in [6.45, 7) is 1.82. The predicted molar refractivity (Wildman–Crippen MR) is 113 cm³/mol. The molecule has 1 unspecified atom stereocenters. The van der Waals surface area contributed by atoms with Crippen LogP contribution in [0.2, 0.25) is 0 Å². The van der Waals surface area contributed by atoms with Gasteiger partial charge in [-0.05, 0) is 36.8 Å². The Balaban J connectivity index is 1.84. The minimum atomic E-state index is -0.587. The Bertz CT molecular complexity index is 1120. The van der Waals surface area contributed by atoms with E-state index in [1.807, 2.05) is 6.92 Å². The molecular formula is C21H22N6O4. The van der Waals surface area contributed by atoms with Crippen molar-refractivity contribution in [3.8, 4) is 17.2 Å². The molecule has 2 aromatic heterocycles. The number of anilines is 2. The van der Waals surface area contributed by atoms with Gasteiger partial charge in [-0.2, -0.15) is 10.1 Å². The molecule has 10 heteroatoms. The topological polar surface area (TPSA) is 112 Å². The molecule has 1 amide bonds. The maximum Gasteiger partial charge on any atom is 0.257 e. The summed E-state index contributed by atoms with van der Waals surface area (Å²) in [7, 11) is 4.62. The lowest BCUT2D eigenvalue weighted by molar-refractivity contribution is -0.113. The third kappa shape index (κ3) is 3.63. The minimum Gasteiger partial charge on any atom is -0.493 e. The molecule has 3 heterocycles. The van der Waals surface area contributed by atoms with E-state index in [-0.39, 0.29) is 5.91 Å². The first-order chi connectivity index (χ1) is 15.1. The number of hydrogen-bond acceptors (Lipinski definition) is 8. The maximum absolute atomic E-state index is 13.3. The number of pyridine rings is 1. The number of allylic oxidation sites excluding steroid dienone is 1. The molecular weight excluding hydrogens is 400 g/mol. The van der Waals surface area contributed by atoms with Crippen LogP contribution in [0.5, 0.6) is 17.2 Å². The number of carbonyl (C=O) groups excluding carboxylic acids is 1. The highest BCUT2D eigenvalue weighted by Gasteiger charge is 2.34. The number of aromatic nitrogens is 4. The van der Waals surface area contributed by atoms with Gasteiger partial charge in [-0.25, -0.2) is 9.67 Å². The van der Waals surface area contributed by atoms with Crippen molar-refractivity contribution in [2.75, 3.05) is 32.0 Å². The molecule has 0 saturated heterocycles. The highest BCUT2D eigenvalue weighted by atomic mass is 16.5. The Morgan fingerprint density at radius 2 is 1.84 bits per heavy atom. The Kier molecular flexibility index (Phi) is 5.44. The van der Waals surface area contributed by atoms with Crippen LogP contribution in [0.25, 0.3) is 0 Å². The predicted octanol–water partition coefficient (Wildman–Crippen LogP) is 2.63. The van der Waals surface area contributed by atoms with E-state index in [0.29, 0.717) is 45.8 Å². The van der Waals surface area contributed by atoms with Gasteiger partial charge in [0, 0.05) is 11.9 Å². The third-order valence-electron chi connectivity index (χ3n) is 4.95. The van der Waals surface area contributed by atoms with Gasteiger partial charge < -0.3 is 24.8 Å². The molecule has 0 bridgehead atoms. The molecule has 1 atom stereocenters. The van der Waals surface area contributed by atoms with Gasteiger partial charge in [0.25, 0.3) is 5.91 Å². The van der Waals surface area contributed by atoms with Crippen molar-refractivity contribution in [1.82, 2.24) is 19.7 Å². The summed E-state index contributed by atoms with van der Waals surface area (Å²) in [5.74, 6) is 2.05. The van der Waals surface area contributed by atoms with E-state index in [1.54, 1.807) is 55.4 Å². The van der Waals surface area contributed by atoms with Gasteiger partial charge in [-0.15, -0.1) is 0 Å². The van der Waals surface area contributed by atoms with Gasteiger partial charge in [0.15, 0.2) is 11.5 Å². The van der Waals surface area contributed by atoms with Crippen LogP contribution in [0, 0.1) is 0 Å². The Hall–Kier alpha value is -4.08. The third-order valence-corrected chi connectivity index (χ3v) is 4.95. The fourth-order valence-electron chi connectivity index (χ4n) is 3.57. The van der Waals surface area contributed by atoms with Gasteiger partial charge >= 0.3 is 0 Å². The smallest absolute Gasteiger partial charge is 0.257 e. The second-order valence-electron chi connectivity index (χ2n) is 6.72. The van der Waals surface area contributed by atoms with E-state index in [9.17, 15) is 4.79 Å². The van der Waals surface area contributed by atoms with Gasteiger partial charge in [0.2, 0.25) is 11.7 Å². The van der Waals surface area contributed by atoms with Crippen LogP contribution >= 0.6 is 0 Å². The molecule has 1 aliphatic rings. The van der Waals surface area contributed by atoms with Crippen LogP contribution in [-0.4, -0.2) is 47.0 Å². The van der Waals surface area contributed by atoms with Gasteiger partial charge in [-0.1, -0.05) is 6.07 Å². The van der Waals surface area contributed by atoms with E-state index in [2.05, 4.69) is 25.7 Å². The summed E-state index contributed by atoms with van der Waals surface area (Å²) in [6, 6.07) is 8.31. The van der Waals surface area contributed by atoms with E-state index in [1.165, 1.54) is 13.4 Å². The number of fused-ring (bicyclic) bond motifs is 1. The number of nitrogens with zero attached hydrogens (tertiary/aromatic N) is 4. The lowest BCUT2D eigenvalue weighted by atomic mass is 9.94. The summed E-state index contributed by atoms with van der Waals surface area (Å²) in [4.78, 5) is 21.8. The largest absolute Gasteiger partial charge is 0.493 e. The molecule has 31 heavy (non-hydrogen) atoms. The van der Waals surface area contributed by atoms with Crippen LogP contribution in [0.3, 0.4) is 0 Å². The molecule has 0 saturated carbocycles. The second-order valence-corrected chi connectivity index (χ2v) is 6.72. The first kappa shape index (κ1) is 20.2. The molecule has 160 valence electrons. The number of rotatable bonds is 6. The lowest BCUT2D eigenvalue weighted by Gasteiger charge is -2.29. The lowest BCUT2D eigenvalue weighted by Crippen LogP contribution is -2.31. The Labute approximate surface area is 178 Å². The SMILES string of the molecule is COc1cc(C2C(C(=O)Nc3ccccn3)=C(C)Nc3ncnn32)cc(OC)c1OC. The quantitative estimate of drug-likeness (QED) is 0.623. The first-order valence-corrected chi connectivity index (χ1v) is 9.47. The van der Waals surface area contributed by atoms with Crippen molar-refractivity contribution in [2.24, 2.45) is 0 Å². The van der Waals surface area contributed by atoms with Crippen LogP contribution in [0.15, 0.2) is 54.1 Å². The van der Waals surface area contributed by atoms with Crippen LogP contribution in [0.4, 0.5) is 11.8 Å². The average Bonchev–Trinajstić information content (AvgIpc) is 3.25. The molecule has 1 aromatic carbocycles. The highest BCUT2D eigenvalue weighted by molar-refractivity contribution is 6.05. The van der Waals surface area contributed by atoms with Crippen LogP contribution in [0.1, 0.15) is 18.5 Å². The van der Waals surface area contributed by atoms with E-state index in [0.717, 1.165) is 0 Å². The first-order valence-electron chi connectivity index (χ1n) is 9.47. The monoisotopic (exact) mass is 422 g/mol. The molecule has 0 fully saturated rings. The summed E-state index contributed by atoms with van der Waals surface area (Å²) < 4.78 is 18.1. The van der Waals surface area contributed by atoms with Crippen LogP contribution in [-0.2, 0) is 4.79 Å². The molecule has 0 radical (unpaired) electrons. The number of ether oxygens (including phenoxy) is 3. The van der Waals surface area contributed by atoms with Crippen molar-refractivity contribution in [3.63, 3.8) is 0 Å². The van der Waals surface area contributed by atoms with Gasteiger partial charge in [0.1, 0.15) is 18.2 Å². The van der Waals surface area contributed by atoms with Crippen molar-refractivity contribution in [1.29, 1.82) is 0 Å². The van der Waals surface area contributed by atoms with E-state index >= 15 is 0 Å². The fraction of sp³-hybridized carbons (Fsp3) is 0.238.